The van der Waals surface area contributed by atoms with Gasteiger partial charge in [-0.05, 0) is 53.6 Å². The van der Waals surface area contributed by atoms with Gasteiger partial charge in [0, 0.05) is 34.9 Å². The standard InChI is InChI=1S/C31H32ClN5O3S/c1-31(2,3)29-27-28(21-8-5-9-22(32)15-21)41-19-26(39)36(18-25(38)34-17-20-7-6-14-33-16-20)30(27)37(35-29)23-10-12-24(40-4)13-11-23/h5-16,28H,17-19H2,1-4H3,(H,34,38)/t28-/m1/s1. The monoisotopic (exact) mass is 589 g/mol. The fourth-order valence-electron chi connectivity index (χ4n) is 4.81. The molecule has 1 N–H and O–H groups in total. The van der Waals surface area contributed by atoms with Gasteiger partial charge in [-0.2, -0.15) is 5.10 Å². The number of nitrogens with one attached hydrogen (secondary N) is 1. The van der Waals surface area contributed by atoms with Crippen molar-refractivity contribution in [2.45, 2.75) is 38.0 Å². The minimum absolute atomic E-state index is 0.152. The molecule has 2 aromatic carbocycles. The average Bonchev–Trinajstić information content (AvgIpc) is 3.30. The van der Waals surface area contributed by atoms with E-state index in [0.717, 1.165) is 28.1 Å². The molecule has 2 aromatic heterocycles. The molecule has 41 heavy (non-hydrogen) atoms. The Balaban J connectivity index is 1.65. The van der Waals surface area contributed by atoms with Gasteiger partial charge in [0.15, 0.2) is 0 Å². The Labute approximate surface area is 249 Å². The van der Waals surface area contributed by atoms with Gasteiger partial charge in [0.05, 0.1) is 29.5 Å². The number of hydrogen-bond acceptors (Lipinski definition) is 6. The third kappa shape index (κ3) is 6.26. The lowest BCUT2D eigenvalue weighted by atomic mass is 9.87. The fourth-order valence-corrected chi connectivity index (χ4v) is 6.20. The summed E-state index contributed by atoms with van der Waals surface area (Å²) in [7, 11) is 1.62. The number of hydrogen-bond donors (Lipinski definition) is 1. The number of ether oxygens (including phenoxy) is 1. The first-order chi connectivity index (χ1) is 19.7. The number of carbonyl (C=O) groups excluding carboxylic acids is 2. The van der Waals surface area contributed by atoms with Crippen molar-refractivity contribution in [2.24, 2.45) is 0 Å². The van der Waals surface area contributed by atoms with Crippen molar-refractivity contribution in [3.8, 4) is 11.4 Å². The van der Waals surface area contributed by atoms with Crippen LogP contribution in [-0.4, -0.2) is 46.0 Å². The molecular weight excluding hydrogens is 558 g/mol. The van der Waals surface area contributed by atoms with Crippen molar-refractivity contribution in [1.29, 1.82) is 0 Å². The van der Waals surface area contributed by atoms with Crippen molar-refractivity contribution in [2.75, 3.05) is 24.3 Å². The summed E-state index contributed by atoms with van der Waals surface area (Å²) < 4.78 is 7.15. The van der Waals surface area contributed by atoms with Crippen LogP contribution >= 0.6 is 23.4 Å². The summed E-state index contributed by atoms with van der Waals surface area (Å²) in [6, 6.07) is 18.9. The molecule has 4 aromatic rings. The lowest BCUT2D eigenvalue weighted by Crippen LogP contribution is -2.42. The zero-order valence-corrected chi connectivity index (χ0v) is 25.0. The quantitative estimate of drug-likeness (QED) is 0.297. The van der Waals surface area contributed by atoms with Crippen LogP contribution in [0.1, 0.15) is 48.4 Å². The molecule has 1 aliphatic rings. The molecular formula is C31H32ClN5O3S. The van der Waals surface area contributed by atoms with Crippen molar-refractivity contribution in [1.82, 2.24) is 20.1 Å². The maximum Gasteiger partial charge on any atom is 0.240 e. The van der Waals surface area contributed by atoms with Gasteiger partial charge >= 0.3 is 0 Å². The number of nitrogens with zero attached hydrogens (tertiary/aromatic N) is 4. The predicted octanol–water partition coefficient (Wildman–Crippen LogP) is 5.71. The van der Waals surface area contributed by atoms with Crippen LogP contribution in [0.5, 0.6) is 5.75 Å². The maximum absolute atomic E-state index is 13.8. The summed E-state index contributed by atoms with van der Waals surface area (Å²) in [5.41, 5.74) is 3.98. The molecule has 2 amide bonds. The second-order valence-corrected chi connectivity index (χ2v) is 12.3. The minimum atomic E-state index is -0.360. The Bertz CT molecular complexity index is 1550. The van der Waals surface area contributed by atoms with E-state index in [1.165, 1.54) is 11.8 Å². The molecule has 0 saturated carbocycles. The highest BCUT2D eigenvalue weighted by Crippen LogP contribution is 2.48. The van der Waals surface area contributed by atoms with E-state index in [2.05, 4.69) is 31.1 Å². The SMILES string of the molecule is COc1ccc(-n2nc(C(C)(C)C)c3c2N(CC(=O)NCc2cccnc2)C(=O)CS[C@@H]3c2cccc(Cl)c2)cc1. The molecule has 3 heterocycles. The summed E-state index contributed by atoms with van der Waals surface area (Å²) in [5.74, 6) is 1.02. The summed E-state index contributed by atoms with van der Waals surface area (Å²) in [6.45, 7) is 6.47. The molecule has 1 atom stereocenters. The van der Waals surface area contributed by atoms with E-state index in [0.29, 0.717) is 23.1 Å². The number of anilines is 1. The maximum atomic E-state index is 13.8. The number of fused-ring (bicyclic) bond motifs is 1. The van der Waals surface area contributed by atoms with E-state index < -0.39 is 0 Å². The van der Waals surface area contributed by atoms with E-state index in [1.807, 2.05) is 60.7 Å². The third-order valence-electron chi connectivity index (χ3n) is 6.78. The van der Waals surface area contributed by atoms with E-state index in [9.17, 15) is 9.59 Å². The van der Waals surface area contributed by atoms with Crippen molar-refractivity contribution >= 4 is 41.0 Å². The van der Waals surface area contributed by atoms with Gasteiger partial charge < -0.3 is 10.1 Å². The second-order valence-electron chi connectivity index (χ2n) is 10.8. The molecule has 1 aliphatic heterocycles. The predicted molar refractivity (Wildman–Crippen MR) is 163 cm³/mol. The largest absolute Gasteiger partial charge is 0.497 e. The Kier molecular flexibility index (Phi) is 8.37. The molecule has 0 saturated heterocycles. The number of halogens is 1. The van der Waals surface area contributed by atoms with Gasteiger partial charge in [0.25, 0.3) is 0 Å². The van der Waals surface area contributed by atoms with Crippen LogP contribution in [0.3, 0.4) is 0 Å². The van der Waals surface area contributed by atoms with E-state index in [1.54, 1.807) is 29.1 Å². The minimum Gasteiger partial charge on any atom is -0.497 e. The molecule has 8 nitrogen and oxygen atoms in total. The van der Waals surface area contributed by atoms with Crippen LogP contribution in [0.4, 0.5) is 5.82 Å². The van der Waals surface area contributed by atoms with Crippen LogP contribution in [0.25, 0.3) is 5.69 Å². The fraction of sp³-hybridized carbons (Fsp3) is 0.290. The van der Waals surface area contributed by atoms with Crippen LogP contribution < -0.4 is 15.0 Å². The highest BCUT2D eigenvalue weighted by molar-refractivity contribution is 8.00. The van der Waals surface area contributed by atoms with Gasteiger partial charge in [-0.3, -0.25) is 19.5 Å². The van der Waals surface area contributed by atoms with Crippen molar-refractivity contribution < 1.29 is 14.3 Å². The summed E-state index contributed by atoms with van der Waals surface area (Å²) in [4.78, 5) is 32.8. The number of rotatable bonds is 7. The molecule has 10 heteroatoms. The number of amides is 2. The summed E-state index contributed by atoms with van der Waals surface area (Å²) in [5, 5.41) is 8.44. The smallest absolute Gasteiger partial charge is 0.240 e. The number of methoxy groups -OCH3 is 1. The zero-order valence-electron chi connectivity index (χ0n) is 23.4. The highest BCUT2D eigenvalue weighted by Gasteiger charge is 2.40. The number of benzene rings is 2. The Morgan fingerprint density at radius 1 is 1.15 bits per heavy atom. The Morgan fingerprint density at radius 2 is 1.93 bits per heavy atom. The first kappa shape index (κ1) is 28.7. The second kappa shape index (κ2) is 12.0. The van der Waals surface area contributed by atoms with Crippen LogP contribution in [0, 0.1) is 0 Å². The third-order valence-corrected chi connectivity index (χ3v) is 8.27. The molecule has 0 fully saturated rings. The molecule has 212 valence electrons. The average molecular weight is 590 g/mol. The first-order valence-corrected chi connectivity index (χ1v) is 14.7. The number of carbonyl (C=O) groups is 2. The van der Waals surface area contributed by atoms with Crippen LogP contribution in [0.15, 0.2) is 73.1 Å². The van der Waals surface area contributed by atoms with E-state index in [4.69, 9.17) is 21.4 Å². The number of thioether (sulfide) groups is 1. The molecule has 0 aliphatic carbocycles. The molecule has 0 bridgehead atoms. The van der Waals surface area contributed by atoms with E-state index in [-0.39, 0.29) is 34.8 Å². The van der Waals surface area contributed by atoms with Gasteiger partial charge in [0.2, 0.25) is 11.8 Å². The van der Waals surface area contributed by atoms with Gasteiger partial charge in [-0.1, -0.05) is 50.6 Å². The molecule has 5 rings (SSSR count). The van der Waals surface area contributed by atoms with Gasteiger partial charge in [-0.25, -0.2) is 4.68 Å². The first-order valence-electron chi connectivity index (χ1n) is 13.3. The lowest BCUT2D eigenvalue weighted by Gasteiger charge is -2.24. The number of pyridine rings is 1. The normalized spacial score (nSPS) is 15.3. The van der Waals surface area contributed by atoms with E-state index >= 15 is 0 Å². The Morgan fingerprint density at radius 3 is 2.59 bits per heavy atom. The van der Waals surface area contributed by atoms with Crippen molar-refractivity contribution in [3.63, 3.8) is 0 Å². The molecule has 0 unspecified atom stereocenters. The van der Waals surface area contributed by atoms with Gasteiger partial charge in [0.1, 0.15) is 18.1 Å². The topological polar surface area (TPSA) is 89.3 Å². The summed E-state index contributed by atoms with van der Waals surface area (Å²) in [6.07, 6.45) is 3.39. The zero-order chi connectivity index (χ0) is 29.1. The Hall–Kier alpha value is -3.82. The van der Waals surface area contributed by atoms with Gasteiger partial charge in [-0.15, -0.1) is 11.8 Å². The highest BCUT2D eigenvalue weighted by atomic mass is 35.5. The molecule has 0 spiro atoms. The molecule has 0 radical (unpaired) electrons. The summed E-state index contributed by atoms with van der Waals surface area (Å²) >= 11 is 7.95. The lowest BCUT2D eigenvalue weighted by molar-refractivity contribution is -0.123. The number of aromatic nitrogens is 3. The van der Waals surface area contributed by atoms with Crippen LogP contribution in [0.2, 0.25) is 5.02 Å². The van der Waals surface area contributed by atoms with Crippen molar-refractivity contribution in [3.05, 3.63) is 100 Å². The van der Waals surface area contributed by atoms with Crippen LogP contribution in [-0.2, 0) is 21.5 Å².